The summed E-state index contributed by atoms with van der Waals surface area (Å²) in [4.78, 5) is 0. The third kappa shape index (κ3) is 3.94. The van der Waals surface area contributed by atoms with Crippen molar-refractivity contribution in [2.45, 2.75) is 25.4 Å². The number of rotatable bonds is 7. The smallest absolute Gasteiger partial charge is 0.214 e. The quantitative estimate of drug-likeness (QED) is 0.483. The van der Waals surface area contributed by atoms with E-state index < -0.39 is 0 Å². The highest BCUT2D eigenvalue weighted by atomic mass is 32.2. The van der Waals surface area contributed by atoms with Gasteiger partial charge in [-0.2, -0.15) is 4.68 Å². The maximum absolute atomic E-state index is 5.71. The summed E-state index contributed by atoms with van der Waals surface area (Å²) in [7, 11) is 0. The van der Waals surface area contributed by atoms with Crippen molar-refractivity contribution < 1.29 is 4.74 Å². The van der Waals surface area contributed by atoms with Gasteiger partial charge in [0, 0.05) is 5.75 Å². The second-order valence-corrected chi connectivity index (χ2v) is 6.54. The molecular weight excluding hydrogens is 320 g/mol. The Labute approximate surface area is 146 Å². The molecule has 0 N–H and O–H groups in total. The number of hydrogen-bond donors (Lipinski definition) is 0. The van der Waals surface area contributed by atoms with Gasteiger partial charge in [0.1, 0.15) is 5.75 Å². The molecule has 0 unspecified atom stereocenters. The summed E-state index contributed by atoms with van der Waals surface area (Å²) in [6, 6.07) is 16.1. The van der Waals surface area contributed by atoms with Crippen LogP contribution in [-0.4, -0.2) is 32.6 Å². The number of hydrogen-bond acceptors (Lipinski definition) is 5. The zero-order valence-corrected chi connectivity index (χ0v) is 14.7. The van der Waals surface area contributed by atoms with Gasteiger partial charge in [-0.25, -0.2) is 0 Å². The van der Waals surface area contributed by atoms with Crippen molar-refractivity contribution in [3.8, 4) is 11.4 Å². The standard InChI is InChI=1S/C18H20N4OS/c1-14-8-6-9-15(2)17(14)22-18(19-20-21-22)24-13-7-12-23-16-10-4-3-5-11-16/h3-6,8-11H,7,12-13H2,1-2H3. The maximum Gasteiger partial charge on any atom is 0.214 e. The van der Waals surface area contributed by atoms with E-state index in [4.69, 9.17) is 4.74 Å². The monoisotopic (exact) mass is 340 g/mol. The number of thioether (sulfide) groups is 1. The largest absolute Gasteiger partial charge is 0.494 e. The van der Waals surface area contributed by atoms with Crippen LogP contribution in [0, 0.1) is 13.8 Å². The van der Waals surface area contributed by atoms with Gasteiger partial charge < -0.3 is 4.74 Å². The van der Waals surface area contributed by atoms with E-state index in [0.29, 0.717) is 6.61 Å². The van der Waals surface area contributed by atoms with Crippen LogP contribution in [0.2, 0.25) is 0 Å². The van der Waals surface area contributed by atoms with Gasteiger partial charge in [-0.15, -0.1) is 5.10 Å². The van der Waals surface area contributed by atoms with Gasteiger partial charge in [0.15, 0.2) is 0 Å². The van der Waals surface area contributed by atoms with Gasteiger partial charge in [0.2, 0.25) is 5.16 Å². The van der Waals surface area contributed by atoms with Crippen LogP contribution >= 0.6 is 11.8 Å². The fourth-order valence-electron chi connectivity index (χ4n) is 2.48. The lowest BCUT2D eigenvalue weighted by Crippen LogP contribution is -2.05. The van der Waals surface area contributed by atoms with E-state index >= 15 is 0 Å². The van der Waals surface area contributed by atoms with E-state index in [0.717, 1.165) is 39.9 Å². The van der Waals surface area contributed by atoms with Crippen molar-refractivity contribution >= 4 is 11.8 Å². The van der Waals surface area contributed by atoms with Crippen LogP contribution in [0.3, 0.4) is 0 Å². The van der Waals surface area contributed by atoms with Crippen LogP contribution in [0.1, 0.15) is 17.5 Å². The summed E-state index contributed by atoms with van der Waals surface area (Å²) in [5.74, 6) is 1.81. The highest BCUT2D eigenvalue weighted by Gasteiger charge is 2.12. The summed E-state index contributed by atoms with van der Waals surface area (Å²) in [5.41, 5.74) is 3.39. The molecule has 2 aromatic carbocycles. The fourth-order valence-corrected chi connectivity index (χ4v) is 3.27. The summed E-state index contributed by atoms with van der Waals surface area (Å²) >= 11 is 1.65. The lowest BCUT2D eigenvalue weighted by molar-refractivity contribution is 0.318. The molecule has 3 rings (SSSR count). The Kier molecular flexibility index (Phi) is 5.48. The van der Waals surface area contributed by atoms with E-state index in [1.54, 1.807) is 11.8 Å². The van der Waals surface area contributed by atoms with Crippen LogP contribution in [0.5, 0.6) is 5.75 Å². The van der Waals surface area contributed by atoms with E-state index in [2.05, 4.69) is 41.5 Å². The summed E-state index contributed by atoms with van der Waals surface area (Å²) < 4.78 is 7.53. The maximum atomic E-state index is 5.71. The first-order chi connectivity index (χ1) is 11.8. The lowest BCUT2D eigenvalue weighted by Gasteiger charge is -2.10. The topological polar surface area (TPSA) is 52.8 Å². The highest BCUT2D eigenvalue weighted by molar-refractivity contribution is 7.99. The molecule has 0 aliphatic rings. The summed E-state index contributed by atoms with van der Waals surface area (Å²) in [5, 5.41) is 13.0. The molecule has 3 aromatic rings. The van der Waals surface area contributed by atoms with Crippen LogP contribution in [-0.2, 0) is 0 Å². The molecule has 0 saturated carbocycles. The number of aromatic nitrogens is 4. The van der Waals surface area contributed by atoms with Crippen LogP contribution in [0.25, 0.3) is 5.69 Å². The zero-order chi connectivity index (χ0) is 16.8. The molecule has 0 radical (unpaired) electrons. The molecule has 1 aromatic heterocycles. The van der Waals surface area contributed by atoms with Crippen LogP contribution in [0.4, 0.5) is 0 Å². The number of ether oxygens (including phenoxy) is 1. The van der Waals surface area contributed by atoms with E-state index in [9.17, 15) is 0 Å². The Hall–Kier alpha value is -2.34. The van der Waals surface area contributed by atoms with Gasteiger partial charge in [-0.3, -0.25) is 0 Å². The first-order valence-electron chi connectivity index (χ1n) is 7.91. The predicted molar refractivity (Wildman–Crippen MR) is 95.9 cm³/mol. The zero-order valence-electron chi connectivity index (χ0n) is 13.8. The van der Waals surface area contributed by atoms with E-state index in [1.807, 2.05) is 41.1 Å². The molecular formula is C18H20N4OS. The van der Waals surface area contributed by atoms with Crippen molar-refractivity contribution in [3.63, 3.8) is 0 Å². The third-order valence-electron chi connectivity index (χ3n) is 3.62. The molecule has 124 valence electrons. The number of tetrazole rings is 1. The molecule has 5 nitrogen and oxygen atoms in total. The molecule has 0 bridgehead atoms. The molecule has 0 aliphatic heterocycles. The molecule has 0 fully saturated rings. The van der Waals surface area contributed by atoms with Crippen molar-refractivity contribution in [2.75, 3.05) is 12.4 Å². The molecule has 6 heteroatoms. The Morgan fingerprint density at radius 1 is 1.00 bits per heavy atom. The minimum Gasteiger partial charge on any atom is -0.494 e. The Balaban J connectivity index is 1.57. The number of benzene rings is 2. The van der Waals surface area contributed by atoms with E-state index in [1.165, 1.54) is 0 Å². The number of para-hydroxylation sites is 2. The molecule has 0 spiro atoms. The molecule has 0 aliphatic carbocycles. The number of aryl methyl sites for hydroxylation is 2. The SMILES string of the molecule is Cc1cccc(C)c1-n1nnnc1SCCCOc1ccccc1. The average molecular weight is 340 g/mol. The second-order valence-electron chi connectivity index (χ2n) is 5.48. The Morgan fingerprint density at radius 2 is 1.75 bits per heavy atom. The van der Waals surface area contributed by atoms with Crippen LogP contribution < -0.4 is 4.74 Å². The van der Waals surface area contributed by atoms with Crippen molar-refractivity contribution in [3.05, 3.63) is 59.7 Å². The molecule has 0 amide bonds. The van der Waals surface area contributed by atoms with Crippen molar-refractivity contribution in [1.29, 1.82) is 0 Å². The molecule has 1 heterocycles. The minimum atomic E-state index is 0.683. The molecule has 0 saturated heterocycles. The van der Waals surface area contributed by atoms with Crippen molar-refractivity contribution in [2.24, 2.45) is 0 Å². The lowest BCUT2D eigenvalue weighted by atomic mass is 10.1. The Bertz CT molecular complexity index is 768. The van der Waals surface area contributed by atoms with E-state index in [-0.39, 0.29) is 0 Å². The van der Waals surface area contributed by atoms with Crippen LogP contribution in [0.15, 0.2) is 53.7 Å². The minimum absolute atomic E-state index is 0.683. The predicted octanol–water partition coefficient (Wildman–Crippen LogP) is 3.84. The molecule has 0 atom stereocenters. The highest BCUT2D eigenvalue weighted by Crippen LogP contribution is 2.23. The third-order valence-corrected chi connectivity index (χ3v) is 4.63. The second kappa shape index (κ2) is 7.97. The van der Waals surface area contributed by atoms with Gasteiger partial charge in [0.25, 0.3) is 0 Å². The first kappa shape index (κ1) is 16.5. The summed E-state index contributed by atoms with van der Waals surface area (Å²) in [6.45, 7) is 4.83. The van der Waals surface area contributed by atoms with Gasteiger partial charge in [-0.1, -0.05) is 48.2 Å². The first-order valence-corrected chi connectivity index (χ1v) is 8.90. The van der Waals surface area contributed by atoms with Crippen molar-refractivity contribution in [1.82, 2.24) is 20.2 Å². The Morgan fingerprint density at radius 3 is 2.50 bits per heavy atom. The normalized spacial score (nSPS) is 10.8. The van der Waals surface area contributed by atoms with Gasteiger partial charge in [-0.05, 0) is 54.0 Å². The molecule has 24 heavy (non-hydrogen) atoms. The fraction of sp³-hybridized carbons (Fsp3) is 0.278. The van der Waals surface area contributed by atoms with Gasteiger partial charge in [0.05, 0.1) is 12.3 Å². The number of nitrogens with zero attached hydrogens (tertiary/aromatic N) is 4. The summed E-state index contributed by atoms with van der Waals surface area (Å²) in [6.07, 6.45) is 0.930. The van der Waals surface area contributed by atoms with Gasteiger partial charge >= 0.3 is 0 Å². The average Bonchev–Trinajstić information content (AvgIpc) is 3.03.